The van der Waals surface area contributed by atoms with Crippen molar-refractivity contribution in [2.75, 3.05) is 39.0 Å². The van der Waals surface area contributed by atoms with Gasteiger partial charge in [0.2, 0.25) is 11.5 Å². The summed E-state index contributed by atoms with van der Waals surface area (Å²) in [6.45, 7) is -0.533. The van der Waals surface area contributed by atoms with E-state index in [4.69, 9.17) is 10.5 Å². The number of likely N-dealkylation sites (tertiary alicyclic amines) is 2. The van der Waals surface area contributed by atoms with Crippen molar-refractivity contribution < 1.29 is 50.2 Å². The molecular formula is C28H31F7N8O4. The number of amides is 2. The zero-order valence-electron chi connectivity index (χ0n) is 25.1. The van der Waals surface area contributed by atoms with Gasteiger partial charge in [0.1, 0.15) is 23.6 Å². The summed E-state index contributed by atoms with van der Waals surface area (Å²) < 4.78 is 101. The van der Waals surface area contributed by atoms with E-state index in [1.807, 2.05) is 4.90 Å². The smallest absolute Gasteiger partial charge is 0.426 e. The van der Waals surface area contributed by atoms with Gasteiger partial charge in [0, 0.05) is 24.8 Å². The van der Waals surface area contributed by atoms with Gasteiger partial charge in [-0.2, -0.15) is 31.4 Å². The third kappa shape index (κ3) is 6.63. The summed E-state index contributed by atoms with van der Waals surface area (Å²) in [6.07, 6.45) is -9.07. The van der Waals surface area contributed by atoms with Crippen LogP contribution in [0.4, 0.5) is 36.6 Å². The number of ether oxygens (including phenoxy) is 1. The number of anilines is 1. The monoisotopic (exact) mass is 676 g/mol. The maximum atomic E-state index is 14.9. The lowest BCUT2D eigenvalue weighted by Crippen LogP contribution is -2.56. The van der Waals surface area contributed by atoms with E-state index >= 15 is 0 Å². The molecule has 256 valence electrons. The molecule has 0 spiro atoms. The second kappa shape index (κ2) is 12.4. The first-order valence-corrected chi connectivity index (χ1v) is 14.4. The molecule has 2 aliphatic rings. The normalized spacial score (nSPS) is 21.2. The highest BCUT2D eigenvalue weighted by molar-refractivity contribution is 5.98. The van der Waals surface area contributed by atoms with Crippen molar-refractivity contribution in [3.05, 3.63) is 35.8 Å². The predicted octanol–water partition coefficient (Wildman–Crippen LogP) is 2.75. The van der Waals surface area contributed by atoms with Crippen LogP contribution in [-0.4, -0.2) is 110 Å². The minimum absolute atomic E-state index is 0.0523. The number of piperidine rings is 1. The summed E-state index contributed by atoms with van der Waals surface area (Å²) in [5.41, 5.74) is 3.93. The Hall–Kier alpha value is -4.26. The summed E-state index contributed by atoms with van der Waals surface area (Å²) in [5.74, 6) is -4.12. The Morgan fingerprint density at radius 2 is 1.79 bits per heavy atom. The van der Waals surface area contributed by atoms with Crippen molar-refractivity contribution in [1.29, 1.82) is 0 Å². The van der Waals surface area contributed by atoms with Crippen LogP contribution >= 0.6 is 0 Å². The standard InChI is InChI=1S/C28H31F7N8O4/c1-26(46,28(33,34)35)25(45)42-11-18(29)19(12-42)40-23(44)17-7-14(9-37-24(17)47-2)20-8-15(21-22(36)38-13-39-43(20)21)10-41-5-3-16(4-6-41)27(30,31)32/h7-9,13,16,18-19,46H,3-6,10-12H2,1-2H3,(H,40,44)(H2,36,38,39)/t18-,19+,26?/m0/s1. The van der Waals surface area contributed by atoms with Gasteiger partial charge in [-0.25, -0.2) is 18.9 Å². The lowest BCUT2D eigenvalue weighted by atomic mass is 9.96. The van der Waals surface area contributed by atoms with E-state index in [1.54, 1.807) is 6.07 Å². The Labute approximate surface area is 262 Å². The highest BCUT2D eigenvalue weighted by Gasteiger charge is 2.58. The maximum absolute atomic E-state index is 14.9. The number of nitrogens with zero attached hydrogens (tertiary/aromatic N) is 6. The number of rotatable bonds is 7. The molecule has 3 aromatic heterocycles. The van der Waals surface area contributed by atoms with Crippen molar-refractivity contribution >= 4 is 23.1 Å². The zero-order chi connectivity index (χ0) is 34.5. The molecule has 3 aromatic rings. The molecule has 19 heteroatoms. The van der Waals surface area contributed by atoms with Gasteiger partial charge in [-0.3, -0.25) is 14.5 Å². The molecule has 12 nitrogen and oxygen atoms in total. The Bertz CT molecular complexity index is 1650. The van der Waals surface area contributed by atoms with Crippen LogP contribution < -0.4 is 15.8 Å². The van der Waals surface area contributed by atoms with Crippen molar-refractivity contribution in [2.24, 2.45) is 5.92 Å². The molecule has 0 aliphatic carbocycles. The predicted molar refractivity (Wildman–Crippen MR) is 151 cm³/mol. The highest BCUT2D eigenvalue weighted by Crippen LogP contribution is 2.36. The quantitative estimate of drug-likeness (QED) is 0.321. The van der Waals surface area contributed by atoms with Gasteiger partial charge >= 0.3 is 12.4 Å². The van der Waals surface area contributed by atoms with E-state index in [0.29, 0.717) is 27.2 Å². The summed E-state index contributed by atoms with van der Waals surface area (Å²) >= 11 is 0. The Morgan fingerprint density at radius 1 is 1.11 bits per heavy atom. The molecule has 5 rings (SSSR count). The number of methoxy groups -OCH3 is 1. The number of nitrogen functional groups attached to an aromatic ring is 1. The number of pyridine rings is 1. The number of aliphatic hydroxyl groups is 1. The topological polar surface area (TPSA) is 151 Å². The number of carbonyl (C=O) groups excluding carboxylic acids is 2. The lowest BCUT2D eigenvalue weighted by Gasteiger charge is -2.32. The first kappa shape index (κ1) is 34.1. The van der Waals surface area contributed by atoms with Gasteiger partial charge < -0.3 is 25.8 Å². The van der Waals surface area contributed by atoms with Crippen molar-refractivity contribution in [1.82, 2.24) is 34.7 Å². The third-order valence-corrected chi connectivity index (χ3v) is 8.51. The molecule has 0 saturated carbocycles. The molecule has 1 unspecified atom stereocenters. The summed E-state index contributed by atoms with van der Waals surface area (Å²) in [6, 6.07) is 1.63. The second-order valence-electron chi connectivity index (χ2n) is 11.7. The number of hydrogen-bond donors (Lipinski definition) is 3. The number of nitrogens with two attached hydrogens (primary N) is 1. The maximum Gasteiger partial charge on any atom is 0.426 e. The van der Waals surface area contributed by atoms with Crippen LogP contribution in [0.2, 0.25) is 0 Å². The lowest BCUT2D eigenvalue weighted by molar-refractivity contribution is -0.249. The summed E-state index contributed by atoms with van der Waals surface area (Å²) in [5, 5.41) is 16.4. The van der Waals surface area contributed by atoms with Crippen LogP contribution in [0.3, 0.4) is 0 Å². The first-order chi connectivity index (χ1) is 21.9. The van der Waals surface area contributed by atoms with Crippen LogP contribution in [0.25, 0.3) is 16.8 Å². The summed E-state index contributed by atoms with van der Waals surface area (Å²) in [4.78, 5) is 36.3. The SMILES string of the molecule is COc1ncc(-c2cc(CN3CCC(C(F)(F)F)CC3)c3c(N)ncnn23)cc1C(=O)N[C@@H]1CN(C(=O)C(C)(O)C(F)(F)F)C[C@@H]1F. The van der Waals surface area contributed by atoms with E-state index in [-0.39, 0.29) is 56.7 Å². The van der Waals surface area contributed by atoms with Gasteiger partial charge in [0.15, 0.2) is 5.82 Å². The van der Waals surface area contributed by atoms with Gasteiger partial charge in [-0.05, 0) is 50.6 Å². The van der Waals surface area contributed by atoms with Crippen LogP contribution in [0.1, 0.15) is 35.7 Å². The van der Waals surface area contributed by atoms with Gasteiger partial charge in [-0.15, -0.1) is 0 Å². The fourth-order valence-electron chi connectivity index (χ4n) is 5.79. The third-order valence-electron chi connectivity index (χ3n) is 8.51. The number of fused-ring (bicyclic) bond motifs is 1. The minimum Gasteiger partial charge on any atom is -0.480 e. The van der Waals surface area contributed by atoms with Crippen molar-refractivity contribution in [3.8, 4) is 17.1 Å². The summed E-state index contributed by atoms with van der Waals surface area (Å²) in [7, 11) is 1.23. The molecule has 5 heterocycles. The zero-order valence-corrected chi connectivity index (χ0v) is 25.1. The number of alkyl halides is 7. The number of hydrogen-bond acceptors (Lipinski definition) is 9. The minimum atomic E-state index is -5.31. The molecule has 0 bridgehead atoms. The molecular weight excluding hydrogens is 645 g/mol. The number of carbonyl (C=O) groups is 2. The fraction of sp³-hybridized carbons (Fsp3) is 0.536. The average molecular weight is 677 g/mol. The van der Waals surface area contributed by atoms with E-state index < -0.39 is 61.0 Å². The number of halogens is 7. The molecule has 2 aliphatic heterocycles. The second-order valence-corrected chi connectivity index (χ2v) is 11.7. The average Bonchev–Trinajstić information content (AvgIpc) is 3.56. The van der Waals surface area contributed by atoms with Crippen LogP contribution in [0.5, 0.6) is 5.88 Å². The molecule has 47 heavy (non-hydrogen) atoms. The van der Waals surface area contributed by atoms with Gasteiger partial charge in [0.05, 0.1) is 31.3 Å². The Balaban J connectivity index is 1.39. The Kier molecular flexibility index (Phi) is 8.99. The van der Waals surface area contributed by atoms with Crippen LogP contribution in [-0.2, 0) is 11.3 Å². The van der Waals surface area contributed by atoms with Crippen molar-refractivity contribution in [2.45, 2.75) is 56.5 Å². The molecule has 3 atom stereocenters. The van der Waals surface area contributed by atoms with E-state index in [2.05, 4.69) is 20.4 Å². The molecule has 0 radical (unpaired) electrons. The number of aromatic nitrogens is 4. The largest absolute Gasteiger partial charge is 0.480 e. The molecule has 2 fully saturated rings. The van der Waals surface area contributed by atoms with E-state index in [9.17, 15) is 45.4 Å². The number of nitrogens with one attached hydrogen (secondary N) is 1. The van der Waals surface area contributed by atoms with Crippen molar-refractivity contribution in [3.63, 3.8) is 0 Å². The fourth-order valence-corrected chi connectivity index (χ4v) is 5.79. The van der Waals surface area contributed by atoms with E-state index in [0.717, 1.165) is 0 Å². The van der Waals surface area contributed by atoms with E-state index in [1.165, 1.54) is 30.2 Å². The van der Waals surface area contributed by atoms with Crippen LogP contribution in [0, 0.1) is 5.92 Å². The highest BCUT2D eigenvalue weighted by atomic mass is 19.4. The van der Waals surface area contributed by atoms with Gasteiger partial charge in [-0.1, -0.05) is 0 Å². The molecule has 4 N–H and O–H groups in total. The molecule has 2 saturated heterocycles. The molecule has 2 amide bonds. The van der Waals surface area contributed by atoms with Gasteiger partial charge in [0.25, 0.3) is 11.8 Å². The van der Waals surface area contributed by atoms with Crippen LogP contribution in [0.15, 0.2) is 24.7 Å². The first-order valence-electron chi connectivity index (χ1n) is 14.4. The Morgan fingerprint density at radius 3 is 2.40 bits per heavy atom. The molecule has 0 aromatic carbocycles.